The normalized spacial score (nSPS) is 10.8. The van der Waals surface area contributed by atoms with E-state index in [1.165, 1.54) is 0 Å². The number of nitrogens with zero attached hydrogens (tertiary/aromatic N) is 2. The number of pyridine rings is 1. The molecule has 37 heavy (non-hydrogen) atoms. The Morgan fingerprint density at radius 3 is 2.65 bits per heavy atom. The van der Waals surface area contributed by atoms with Gasteiger partial charge in [-0.3, -0.25) is 9.59 Å². The second-order valence-corrected chi connectivity index (χ2v) is 8.58. The third kappa shape index (κ3) is 5.70. The van der Waals surface area contributed by atoms with Crippen molar-refractivity contribution in [1.82, 2.24) is 20.0 Å². The van der Waals surface area contributed by atoms with Crippen LogP contribution in [0.5, 0.6) is 5.75 Å². The number of amides is 2. The van der Waals surface area contributed by atoms with Crippen molar-refractivity contribution in [3.63, 3.8) is 0 Å². The molecule has 0 fully saturated rings. The average Bonchev–Trinajstić information content (AvgIpc) is 3.60. The number of nitrogens with one attached hydrogen (secondary N) is 2. The van der Waals surface area contributed by atoms with Crippen molar-refractivity contribution in [2.45, 2.75) is 26.6 Å². The first-order chi connectivity index (χ1) is 18.1. The third-order valence-corrected chi connectivity index (χ3v) is 5.88. The molecule has 5 aromatic rings. The molecule has 2 aromatic carbocycles. The first kappa shape index (κ1) is 23.9. The molecule has 0 saturated carbocycles. The Kier molecular flexibility index (Phi) is 6.98. The number of benzene rings is 2. The largest absolute Gasteiger partial charge is 0.486 e. The van der Waals surface area contributed by atoms with E-state index >= 15 is 0 Å². The molecule has 0 radical (unpaired) electrons. The van der Waals surface area contributed by atoms with E-state index in [1.807, 2.05) is 48.0 Å². The van der Waals surface area contributed by atoms with Crippen LogP contribution in [-0.4, -0.2) is 21.2 Å². The summed E-state index contributed by atoms with van der Waals surface area (Å²) in [6.07, 6.45) is 5.43. The lowest BCUT2D eigenvalue weighted by Crippen LogP contribution is -2.25. The van der Waals surface area contributed by atoms with Crippen LogP contribution in [0.1, 0.15) is 43.3 Å². The quantitative estimate of drug-likeness (QED) is 0.310. The summed E-state index contributed by atoms with van der Waals surface area (Å²) >= 11 is 0. The summed E-state index contributed by atoms with van der Waals surface area (Å²) in [5.74, 6) is 0.661. The van der Waals surface area contributed by atoms with E-state index in [-0.39, 0.29) is 25.0 Å². The standard InChI is InChI=1S/C29H26N4O4/c1-20-7-5-13-33-18-23(32-27(20)33)19-37-26-12-3-2-11-25(26)29(35)30-16-21-8-4-9-22(15-21)28(34)31-17-24-10-6-14-36-24/h2-15,18H,16-17,19H2,1H3,(H,30,35)(H,31,34). The minimum Gasteiger partial charge on any atom is -0.486 e. The summed E-state index contributed by atoms with van der Waals surface area (Å²) in [4.78, 5) is 30.1. The molecular formula is C29H26N4O4. The summed E-state index contributed by atoms with van der Waals surface area (Å²) in [5.41, 5.74) is 4.46. The molecule has 8 nitrogen and oxygen atoms in total. The van der Waals surface area contributed by atoms with E-state index < -0.39 is 0 Å². The molecule has 0 bridgehead atoms. The summed E-state index contributed by atoms with van der Waals surface area (Å²) in [6, 6.07) is 21.8. The molecule has 8 heteroatoms. The van der Waals surface area contributed by atoms with Crippen LogP contribution in [0, 0.1) is 6.92 Å². The lowest BCUT2D eigenvalue weighted by molar-refractivity contribution is 0.0941. The molecule has 0 saturated heterocycles. The van der Waals surface area contributed by atoms with Crippen LogP contribution >= 0.6 is 0 Å². The van der Waals surface area contributed by atoms with Crippen LogP contribution in [-0.2, 0) is 19.7 Å². The number of ether oxygens (including phenoxy) is 1. The summed E-state index contributed by atoms with van der Waals surface area (Å²) in [7, 11) is 0. The van der Waals surface area contributed by atoms with Crippen LogP contribution in [0.25, 0.3) is 5.65 Å². The van der Waals surface area contributed by atoms with Gasteiger partial charge in [-0.05, 0) is 60.5 Å². The lowest BCUT2D eigenvalue weighted by atomic mass is 10.1. The van der Waals surface area contributed by atoms with Crippen molar-refractivity contribution >= 4 is 17.5 Å². The third-order valence-electron chi connectivity index (χ3n) is 5.88. The Morgan fingerprint density at radius 2 is 1.81 bits per heavy atom. The van der Waals surface area contributed by atoms with Gasteiger partial charge in [0.1, 0.15) is 23.8 Å². The predicted octanol–water partition coefficient (Wildman–Crippen LogP) is 4.67. The van der Waals surface area contributed by atoms with Gasteiger partial charge in [-0.2, -0.15) is 0 Å². The number of para-hydroxylation sites is 1. The molecule has 3 aromatic heterocycles. The lowest BCUT2D eigenvalue weighted by Gasteiger charge is -2.11. The van der Waals surface area contributed by atoms with Crippen molar-refractivity contribution < 1.29 is 18.7 Å². The summed E-state index contributed by atoms with van der Waals surface area (Å²) in [6.45, 7) is 2.81. The van der Waals surface area contributed by atoms with Gasteiger partial charge in [-0.1, -0.05) is 30.3 Å². The Labute approximate surface area is 213 Å². The van der Waals surface area contributed by atoms with Crippen LogP contribution in [0.15, 0.2) is 95.9 Å². The van der Waals surface area contributed by atoms with Gasteiger partial charge in [0, 0.05) is 24.5 Å². The van der Waals surface area contributed by atoms with E-state index in [2.05, 4.69) is 15.6 Å². The zero-order valence-corrected chi connectivity index (χ0v) is 20.3. The number of fused-ring (bicyclic) bond motifs is 1. The Bertz CT molecular complexity index is 1540. The first-order valence-electron chi connectivity index (χ1n) is 11.9. The fourth-order valence-electron chi connectivity index (χ4n) is 3.99. The van der Waals surface area contributed by atoms with Gasteiger partial charge in [0.25, 0.3) is 11.8 Å². The maximum Gasteiger partial charge on any atom is 0.255 e. The molecule has 0 aliphatic rings. The molecule has 0 aliphatic heterocycles. The van der Waals surface area contributed by atoms with Crippen molar-refractivity contribution in [1.29, 1.82) is 0 Å². The number of aryl methyl sites for hydroxylation is 1. The first-order valence-corrected chi connectivity index (χ1v) is 11.9. The maximum atomic E-state index is 13.0. The molecule has 2 amide bonds. The highest BCUT2D eigenvalue weighted by Crippen LogP contribution is 2.20. The minimum absolute atomic E-state index is 0.217. The van der Waals surface area contributed by atoms with E-state index in [1.54, 1.807) is 54.8 Å². The summed E-state index contributed by atoms with van der Waals surface area (Å²) in [5, 5.41) is 5.74. The van der Waals surface area contributed by atoms with Crippen molar-refractivity contribution in [3.8, 4) is 5.75 Å². The van der Waals surface area contributed by atoms with Crippen molar-refractivity contribution in [3.05, 3.63) is 125 Å². The molecule has 0 unspecified atom stereocenters. The second-order valence-electron chi connectivity index (χ2n) is 8.58. The predicted molar refractivity (Wildman–Crippen MR) is 138 cm³/mol. The van der Waals surface area contributed by atoms with E-state index in [9.17, 15) is 9.59 Å². The Hall–Kier alpha value is -4.85. The molecule has 0 aliphatic carbocycles. The minimum atomic E-state index is -0.269. The number of hydrogen-bond acceptors (Lipinski definition) is 5. The molecular weight excluding hydrogens is 468 g/mol. The van der Waals surface area contributed by atoms with Crippen LogP contribution in [0.2, 0.25) is 0 Å². The highest BCUT2D eigenvalue weighted by Gasteiger charge is 2.14. The molecule has 3 heterocycles. The second kappa shape index (κ2) is 10.8. The van der Waals surface area contributed by atoms with E-state index in [4.69, 9.17) is 9.15 Å². The number of carbonyl (C=O) groups excluding carboxylic acids is 2. The molecule has 2 N–H and O–H groups in total. The number of imidazole rings is 1. The fraction of sp³-hybridized carbons (Fsp3) is 0.138. The average molecular weight is 495 g/mol. The number of carbonyl (C=O) groups is 2. The zero-order chi connectivity index (χ0) is 25.6. The Morgan fingerprint density at radius 1 is 0.946 bits per heavy atom. The van der Waals surface area contributed by atoms with Gasteiger partial charge >= 0.3 is 0 Å². The highest BCUT2D eigenvalue weighted by molar-refractivity contribution is 5.97. The van der Waals surface area contributed by atoms with Crippen molar-refractivity contribution in [2.24, 2.45) is 0 Å². The SMILES string of the molecule is Cc1cccn2cc(COc3ccccc3C(=O)NCc3cccc(C(=O)NCc4ccco4)c3)nc12. The van der Waals surface area contributed by atoms with Crippen LogP contribution < -0.4 is 15.4 Å². The van der Waals surface area contributed by atoms with Crippen LogP contribution in [0.4, 0.5) is 0 Å². The highest BCUT2D eigenvalue weighted by atomic mass is 16.5. The number of rotatable bonds is 9. The fourth-order valence-corrected chi connectivity index (χ4v) is 3.99. The molecule has 186 valence electrons. The van der Waals surface area contributed by atoms with E-state index in [0.717, 1.165) is 22.5 Å². The van der Waals surface area contributed by atoms with E-state index in [0.29, 0.717) is 29.2 Å². The molecule has 0 spiro atoms. The van der Waals surface area contributed by atoms with Gasteiger partial charge < -0.3 is 24.2 Å². The van der Waals surface area contributed by atoms with Gasteiger partial charge in [-0.15, -0.1) is 0 Å². The van der Waals surface area contributed by atoms with Gasteiger partial charge in [0.2, 0.25) is 0 Å². The summed E-state index contributed by atoms with van der Waals surface area (Å²) < 4.78 is 13.2. The van der Waals surface area contributed by atoms with Crippen molar-refractivity contribution in [2.75, 3.05) is 0 Å². The smallest absolute Gasteiger partial charge is 0.255 e. The van der Waals surface area contributed by atoms with Gasteiger partial charge in [-0.25, -0.2) is 4.98 Å². The molecule has 5 rings (SSSR count). The topological polar surface area (TPSA) is 97.9 Å². The number of hydrogen-bond donors (Lipinski definition) is 2. The van der Waals surface area contributed by atoms with Crippen LogP contribution in [0.3, 0.4) is 0 Å². The number of aromatic nitrogens is 2. The monoisotopic (exact) mass is 494 g/mol. The zero-order valence-electron chi connectivity index (χ0n) is 20.3. The molecule has 0 atom stereocenters. The Balaban J connectivity index is 1.20. The van der Waals surface area contributed by atoms with Gasteiger partial charge in [0.15, 0.2) is 0 Å². The maximum absolute atomic E-state index is 13.0. The van der Waals surface area contributed by atoms with Gasteiger partial charge in [0.05, 0.1) is 24.1 Å². The number of furan rings is 1.